The second-order valence-electron chi connectivity index (χ2n) is 4.93. The molecule has 18 heavy (non-hydrogen) atoms. The number of likely N-dealkylation sites (N-methyl/N-ethyl adjacent to an activating group) is 1. The molecule has 1 atom stereocenters. The first kappa shape index (κ1) is 12.9. The van der Waals surface area contributed by atoms with Crippen LogP contribution in [-0.4, -0.2) is 42.1 Å². The van der Waals surface area contributed by atoms with Gasteiger partial charge in [-0.15, -0.1) is 0 Å². The van der Waals surface area contributed by atoms with Gasteiger partial charge in [0.1, 0.15) is 5.75 Å². The Kier molecular flexibility index (Phi) is 3.87. The molecule has 0 bridgehead atoms. The second-order valence-corrected chi connectivity index (χ2v) is 4.93. The molecule has 4 heteroatoms. The predicted molar refractivity (Wildman–Crippen MR) is 70.8 cm³/mol. The molecule has 1 amide bonds. The summed E-state index contributed by atoms with van der Waals surface area (Å²) >= 11 is 0. The van der Waals surface area contributed by atoms with Crippen molar-refractivity contribution in [3.63, 3.8) is 0 Å². The van der Waals surface area contributed by atoms with Crippen molar-refractivity contribution in [2.24, 2.45) is 0 Å². The smallest absolute Gasteiger partial charge is 0.254 e. The molecule has 1 aliphatic rings. The van der Waals surface area contributed by atoms with Crippen LogP contribution in [0.1, 0.15) is 28.8 Å². The number of benzene rings is 1. The first-order valence-corrected chi connectivity index (χ1v) is 6.37. The maximum Gasteiger partial charge on any atom is 0.254 e. The number of carbonyl (C=O) groups excluding carboxylic acids is 1. The molecular formula is C14H20N2O2. The third-order valence-electron chi connectivity index (χ3n) is 3.54. The molecular weight excluding hydrogens is 228 g/mol. The Balaban J connectivity index is 2.07. The lowest BCUT2D eigenvalue weighted by Gasteiger charge is -2.22. The van der Waals surface area contributed by atoms with Gasteiger partial charge in [0.15, 0.2) is 0 Å². The van der Waals surface area contributed by atoms with Crippen molar-refractivity contribution in [2.45, 2.75) is 25.8 Å². The summed E-state index contributed by atoms with van der Waals surface area (Å²) in [4.78, 5) is 14.0. The molecule has 1 unspecified atom stereocenters. The number of nitrogens with zero attached hydrogens (tertiary/aromatic N) is 1. The zero-order valence-corrected chi connectivity index (χ0v) is 10.9. The van der Waals surface area contributed by atoms with E-state index in [1.165, 1.54) is 6.42 Å². The Bertz CT molecular complexity index is 439. The highest BCUT2D eigenvalue weighted by Gasteiger charge is 2.21. The third kappa shape index (κ3) is 2.64. The van der Waals surface area contributed by atoms with E-state index in [1.54, 1.807) is 30.0 Å². The lowest BCUT2D eigenvalue weighted by molar-refractivity contribution is 0.0782. The highest BCUT2D eigenvalue weighted by molar-refractivity contribution is 5.96. The van der Waals surface area contributed by atoms with Crippen LogP contribution in [0.4, 0.5) is 0 Å². The molecule has 0 aliphatic carbocycles. The van der Waals surface area contributed by atoms with Crippen LogP contribution in [0, 0.1) is 6.92 Å². The van der Waals surface area contributed by atoms with E-state index in [4.69, 9.17) is 0 Å². The summed E-state index contributed by atoms with van der Waals surface area (Å²) in [5, 5.41) is 13.0. The molecule has 4 nitrogen and oxygen atoms in total. The lowest BCUT2D eigenvalue weighted by Crippen LogP contribution is -2.38. The van der Waals surface area contributed by atoms with E-state index >= 15 is 0 Å². The first-order valence-electron chi connectivity index (χ1n) is 6.37. The number of rotatable bonds is 3. The second kappa shape index (κ2) is 5.40. The normalized spacial score (nSPS) is 18.9. The molecule has 0 spiro atoms. The Morgan fingerprint density at radius 1 is 1.56 bits per heavy atom. The van der Waals surface area contributed by atoms with Gasteiger partial charge in [-0.2, -0.15) is 0 Å². The highest BCUT2D eigenvalue weighted by Crippen LogP contribution is 2.21. The van der Waals surface area contributed by atoms with Gasteiger partial charge in [0.05, 0.1) is 0 Å². The molecule has 98 valence electrons. The number of amides is 1. The fourth-order valence-electron chi connectivity index (χ4n) is 2.39. The molecule has 1 heterocycles. The monoisotopic (exact) mass is 248 g/mol. The van der Waals surface area contributed by atoms with Gasteiger partial charge in [-0.25, -0.2) is 0 Å². The fourth-order valence-corrected chi connectivity index (χ4v) is 2.39. The van der Waals surface area contributed by atoms with Crippen LogP contribution >= 0.6 is 0 Å². The van der Waals surface area contributed by atoms with Gasteiger partial charge >= 0.3 is 0 Å². The molecule has 1 aromatic carbocycles. The van der Waals surface area contributed by atoms with Gasteiger partial charge in [-0.3, -0.25) is 4.79 Å². The SMILES string of the molecule is Cc1c(O)cccc1C(=O)N(C)CC1CCCN1. The van der Waals surface area contributed by atoms with Crippen LogP contribution in [0.25, 0.3) is 0 Å². The fraction of sp³-hybridized carbons (Fsp3) is 0.500. The van der Waals surface area contributed by atoms with Crippen LogP contribution < -0.4 is 5.32 Å². The van der Waals surface area contributed by atoms with Crippen molar-refractivity contribution in [2.75, 3.05) is 20.1 Å². The van der Waals surface area contributed by atoms with Crippen LogP contribution in [0.3, 0.4) is 0 Å². The summed E-state index contributed by atoms with van der Waals surface area (Å²) in [6, 6.07) is 5.47. The summed E-state index contributed by atoms with van der Waals surface area (Å²) in [5.74, 6) is 0.144. The van der Waals surface area contributed by atoms with Gasteiger partial charge in [-0.1, -0.05) is 6.07 Å². The van der Waals surface area contributed by atoms with E-state index in [-0.39, 0.29) is 11.7 Å². The summed E-state index contributed by atoms with van der Waals surface area (Å²) in [5.41, 5.74) is 1.23. The maximum atomic E-state index is 12.3. The van der Waals surface area contributed by atoms with Crippen LogP contribution in [0.15, 0.2) is 18.2 Å². The average molecular weight is 248 g/mol. The number of hydrogen-bond donors (Lipinski definition) is 2. The standard InChI is InChI=1S/C14H20N2O2/c1-10-12(6-3-7-13(10)17)14(18)16(2)9-11-5-4-8-15-11/h3,6-7,11,15,17H,4-5,8-9H2,1-2H3. The predicted octanol–water partition coefficient (Wildman–Crippen LogP) is 1.52. The van der Waals surface area contributed by atoms with E-state index in [0.717, 1.165) is 13.0 Å². The molecule has 1 aromatic rings. The van der Waals surface area contributed by atoms with E-state index in [2.05, 4.69) is 5.32 Å². The van der Waals surface area contributed by atoms with Crippen molar-refractivity contribution in [3.8, 4) is 5.75 Å². The van der Waals surface area contributed by atoms with Gasteiger partial charge in [0, 0.05) is 30.8 Å². The molecule has 0 aromatic heterocycles. The van der Waals surface area contributed by atoms with Gasteiger partial charge in [-0.05, 0) is 38.4 Å². The first-order chi connectivity index (χ1) is 8.59. The van der Waals surface area contributed by atoms with E-state index < -0.39 is 0 Å². The number of aromatic hydroxyl groups is 1. The minimum absolute atomic E-state index is 0.0305. The maximum absolute atomic E-state index is 12.3. The number of hydrogen-bond acceptors (Lipinski definition) is 3. The summed E-state index contributed by atoms with van der Waals surface area (Å²) < 4.78 is 0. The Labute approximate surface area is 108 Å². The number of phenols is 1. The topological polar surface area (TPSA) is 52.6 Å². The molecule has 2 rings (SSSR count). The minimum atomic E-state index is -0.0305. The molecule has 1 aliphatic heterocycles. The van der Waals surface area contributed by atoms with Crippen molar-refractivity contribution in [3.05, 3.63) is 29.3 Å². The number of carbonyl (C=O) groups is 1. The Morgan fingerprint density at radius 2 is 2.33 bits per heavy atom. The minimum Gasteiger partial charge on any atom is -0.508 e. The van der Waals surface area contributed by atoms with Crippen LogP contribution in [0.2, 0.25) is 0 Å². The summed E-state index contributed by atoms with van der Waals surface area (Å²) in [7, 11) is 1.81. The molecule has 0 radical (unpaired) electrons. The third-order valence-corrected chi connectivity index (χ3v) is 3.54. The summed E-state index contributed by atoms with van der Waals surface area (Å²) in [6.07, 6.45) is 2.30. The zero-order valence-electron chi connectivity index (χ0n) is 10.9. The van der Waals surface area contributed by atoms with Crippen molar-refractivity contribution >= 4 is 5.91 Å². The van der Waals surface area contributed by atoms with E-state index in [1.807, 2.05) is 7.05 Å². The average Bonchev–Trinajstić information content (AvgIpc) is 2.84. The Morgan fingerprint density at radius 3 is 3.00 bits per heavy atom. The zero-order chi connectivity index (χ0) is 13.1. The van der Waals surface area contributed by atoms with Gasteiger partial charge in [0.2, 0.25) is 0 Å². The molecule has 2 N–H and O–H groups in total. The van der Waals surface area contributed by atoms with E-state index in [0.29, 0.717) is 23.7 Å². The summed E-state index contributed by atoms with van der Waals surface area (Å²) in [6.45, 7) is 3.52. The van der Waals surface area contributed by atoms with Crippen molar-refractivity contribution < 1.29 is 9.90 Å². The molecule has 1 fully saturated rings. The van der Waals surface area contributed by atoms with E-state index in [9.17, 15) is 9.90 Å². The van der Waals surface area contributed by atoms with Gasteiger partial charge in [0.25, 0.3) is 5.91 Å². The van der Waals surface area contributed by atoms with Gasteiger partial charge < -0.3 is 15.3 Å². The van der Waals surface area contributed by atoms with Crippen LogP contribution in [-0.2, 0) is 0 Å². The highest BCUT2D eigenvalue weighted by atomic mass is 16.3. The van der Waals surface area contributed by atoms with Crippen molar-refractivity contribution in [1.29, 1.82) is 0 Å². The molecule has 1 saturated heterocycles. The number of nitrogens with one attached hydrogen (secondary N) is 1. The molecule has 0 saturated carbocycles. The van der Waals surface area contributed by atoms with Crippen molar-refractivity contribution in [1.82, 2.24) is 10.2 Å². The number of phenolic OH excluding ortho intramolecular Hbond substituents is 1. The largest absolute Gasteiger partial charge is 0.508 e. The quantitative estimate of drug-likeness (QED) is 0.853. The van der Waals surface area contributed by atoms with Crippen LogP contribution in [0.5, 0.6) is 5.75 Å². The Hall–Kier alpha value is -1.55. The lowest BCUT2D eigenvalue weighted by atomic mass is 10.1.